The fourth-order valence-corrected chi connectivity index (χ4v) is 3.23. The third-order valence-corrected chi connectivity index (χ3v) is 4.80. The summed E-state index contributed by atoms with van der Waals surface area (Å²) >= 11 is 5.95. The normalized spacial score (nSPS) is 12.2. The predicted molar refractivity (Wildman–Crippen MR) is 109 cm³/mol. The molecule has 11 heteroatoms. The third-order valence-electron chi connectivity index (χ3n) is 4.57. The molecule has 0 bridgehead atoms. The predicted octanol–water partition coefficient (Wildman–Crippen LogP) is 7.44. The quantitative estimate of drug-likeness (QED) is 0.307. The molecule has 4 nitrogen and oxygen atoms in total. The Morgan fingerprint density at radius 3 is 2.15 bits per heavy atom. The van der Waals surface area contributed by atoms with Gasteiger partial charge >= 0.3 is 12.4 Å². The molecular weight excluding hydrogens is 474 g/mol. The molecule has 4 rings (SSSR count). The molecule has 0 radical (unpaired) electrons. The molecule has 3 aromatic carbocycles. The zero-order valence-corrected chi connectivity index (χ0v) is 16.9. The number of alkyl halides is 6. The zero-order chi connectivity index (χ0) is 24.0. The van der Waals surface area contributed by atoms with Crippen LogP contribution in [0.15, 0.2) is 65.1 Å². The number of carbonyl (C=O) groups excluding carboxylic acids is 1. The van der Waals surface area contributed by atoms with Gasteiger partial charge in [0.25, 0.3) is 5.91 Å². The van der Waals surface area contributed by atoms with E-state index in [1.807, 2.05) is 0 Å². The molecule has 0 aliphatic carbocycles. The van der Waals surface area contributed by atoms with Crippen molar-refractivity contribution in [1.82, 2.24) is 4.98 Å². The van der Waals surface area contributed by atoms with E-state index >= 15 is 0 Å². The molecule has 0 aliphatic heterocycles. The van der Waals surface area contributed by atoms with Gasteiger partial charge in [-0.2, -0.15) is 26.3 Å². The van der Waals surface area contributed by atoms with Gasteiger partial charge in [-0.25, -0.2) is 4.98 Å². The number of anilines is 1. The fraction of sp³-hybridized carbons (Fsp3) is 0.0909. The number of amides is 1. The SMILES string of the molecule is O=C(Nc1ccc2nc(-c3cccc(Cl)c3)oc2c1)c1cc(C(F)(F)F)cc(C(F)(F)F)c1. The van der Waals surface area contributed by atoms with Crippen LogP contribution in [0.1, 0.15) is 21.5 Å². The van der Waals surface area contributed by atoms with Gasteiger partial charge in [-0.15, -0.1) is 0 Å². The van der Waals surface area contributed by atoms with Crippen LogP contribution >= 0.6 is 11.6 Å². The lowest BCUT2D eigenvalue weighted by atomic mass is 10.0. The molecule has 0 fully saturated rings. The molecule has 4 aromatic rings. The van der Waals surface area contributed by atoms with Gasteiger partial charge in [0.2, 0.25) is 5.89 Å². The van der Waals surface area contributed by atoms with E-state index in [9.17, 15) is 31.1 Å². The van der Waals surface area contributed by atoms with E-state index in [0.717, 1.165) is 0 Å². The maximum Gasteiger partial charge on any atom is 0.416 e. The van der Waals surface area contributed by atoms with E-state index in [-0.39, 0.29) is 23.2 Å². The van der Waals surface area contributed by atoms with Crippen molar-refractivity contribution >= 4 is 34.3 Å². The molecule has 1 N–H and O–H groups in total. The molecule has 0 saturated carbocycles. The van der Waals surface area contributed by atoms with Crippen LogP contribution in [0.5, 0.6) is 0 Å². The number of benzene rings is 3. The lowest BCUT2D eigenvalue weighted by molar-refractivity contribution is -0.143. The minimum Gasteiger partial charge on any atom is -0.436 e. The Labute approximate surface area is 186 Å². The Morgan fingerprint density at radius 2 is 1.55 bits per heavy atom. The van der Waals surface area contributed by atoms with Crippen molar-refractivity contribution < 1.29 is 35.6 Å². The van der Waals surface area contributed by atoms with Crippen LogP contribution in [-0.2, 0) is 12.4 Å². The van der Waals surface area contributed by atoms with Gasteiger partial charge < -0.3 is 9.73 Å². The number of oxazole rings is 1. The molecule has 0 aliphatic rings. The smallest absolute Gasteiger partial charge is 0.416 e. The first-order valence-corrected chi connectivity index (χ1v) is 9.55. The summed E-state index contributed by atoms with van der Waals surface area (Å²) < 4.78 is 83.9. The van der Waals surface area contributed by atoms with E-state index in [4.69, 9.17) is 16.0 Å². The Bertz CT molecular complexity index is 1330. The van der Waals surface area contributed by atoms with Gasteiger partial charge in [0, 0.05) is 27.9 Å². The Kier molecular flexibility index (Phi) is 5.57. The number of nitrogens with zero attached hydrogens (tertiary/aromatic N) is 1. The number of carbonyl (C=O) groups is 1. The highest BCUT2D eigenvalue weighted by Gasteiger charge is 2.37. The first-order valence-electron chi connectivity index (χ1n) is 9.17. The Balaban J connectivity index is 1.65. The van der Waals surface area contributed by atoms with E-state index < -0.39 is 35.0 Å². The maximum atomic E-state index is 13.0. The van der Waals surface area contributed by atoms with Crippen LogP contribution in [0.4, 0.5) is 32.0 Å². The zero-order valence-electron chi connectivity index (χ0n) is 16.2. The van der Waals surface area contributed by atoms with Crippen LogP contribution < -0.4 is 5.32 Å². The number of hydrogen-bond donors (Lipinski definition) is 1. The molecule has 33 heavy (non-hydrogen) atoms. The summed E-state index contributed by atoms with van der Waals surface area (Å²) in [6, 6.07) is 11.6. The summed E-state index contributed by atoms with van der Waals surface area (Å²) in [4.78, 5) is 16.8. The lowest BCUT2D eigenvalue weighted by Crippen LogP contribution is -2.17. The largest absolute Gasteiger partial charge is 0.436 e. The summed E-state index contributed by atoms with van der Waals surface area (Å²) in [6.07, 6.45) is -10.1. The molecule has 0 saturated heterocycles. The summed E-state index contributed by atoms with van der Waals surface area (Å²) in [5.74, 6) is -0.913. The van der Waals surface area contributed by atoms with Crippen molar-refractivity contribution in [3.05, 3.63) is 82.4 Å². The van der Waals surface area contributed by atoms with E-state index in [1.54, 1.807) is 24.3 Å². The highest BCUT2D eigenvalue weighted by atomic mass is 35.5. The van der Waals surface area contributed by atoms with Gasteiger partial charge in [-0.1, -0.05) is 17.7 Å². The molecule has 1 amide bonds. The third kappa shape index (κ3) is 4.95. The van der Waals surface area contributed by atoms with E-state index in [1.165, 1.54) is 18.2 Å². The molecule has 0 atom stereocenters. The Hall–Kier alpha value is -3.53. The van der Waals surface area contributed by atoms with Crippen molar-refractivity contribution in [2.45, 2.75) is 12.4 Å². The number of hydrogen-bond acceptors (Lipinski definition) is 3. The summed E-state index contributed by atoms with van der Waals surface area (Å²) in [6.45, 7) is 0. The van der Waals surface area contributed by atoms with Crippen LogP contribution in [0, 0.1) is 0 Å². The van der Waals surface area contributed by atoms with Crippen LogP contribution in [0.3, 0.4) is 0 Å². The maximum absolute atomic E-state index is 13.0. The van der Waals surface area contributed by atoms with Gasteiger partial charge in [-0.3, -0.25) is 4.79 Å². The molecule has 1 heterocycles. The van der Waals surface area contributed by atoms with Gasteiger partial charge in [0.15, 0.2) is 5.58 Å². The second-order valence-corrected chi connectivity index (χ2v) is 7.40. The standard InChI is InChI=1S/C22H11ClF6N2O2/c23-15-3-1-2-11(8-15)20-31-17-5-4-16(10-18(17)33-20)30-19(32)12-6-13(21(24,25)26)9-14(7-12)22(27,28)29/h1-10H,(H,30,32). The highest BCUT2D eigenvalue weighted by molar-refractivity contribution is 6.30. The second kappa shape index (κ2) is 8.11. The minimum absolute atomic E-state index is 0.0469. The highest BCUT2D eigenvalue weighted by Crippen LogP contribution is 2.36. The monoisotopic (exact) mass is 484 g/mol. The number of halogens is 7. The van der Waals surface area contributed by atoms with E-state index in [2.05, 4.69) is 10.3 Å². The summed E-state index contributed by atoms with van der Waals surface area (Å²) in [5, 5.41) is 2.74. The van der Waals surface area contributed by atoms with Crippen molar-refractivity contribution in [2.24, 2.45) is 0 Å². The molecule has 0 unspecified atom stereocenters. The van der Waals surface area contributed by atoms with Crippen LogP contribution in [-0.4, -0.2) is 10.9 Å². The first-order chi connectivity index (χ1) is 15.4. The van der Waals surface area contributed by atoms with Gasteiger partial charge in [-0.05, 0) is 48.5 Å². The van der Waals surface area contributed by atoms with Crippen molar-refractivity contribution in [2.75, 3.05) is 5.32 Å². The average Bonchev–Trinajstić information content (AvgIpc) is 3.15. The summed E-state index contributed by atoms with van der Waals surface area (Å²) in [5.41, 5.74) is -2.63. The van der Waals surface area contributed by atoms with E-state index in [0.29, 0.717) is 28.2 Å². The number of aromatic nitrogens is 1. The molecule has 1 aromatic heterocycles. The lowest BCUT2D eigenvalue weighted by Gasteiger charge is -2.14. The fourth-order valence-electron chi connectivity index (χ4n) is 3.04. The Morgan fingerprint density at radius 1 is 0.879 bits per heavy atom. The van der Waals surface area contributed by atoms with Crippen molar-refractivity contribution in [3.8, 4) is 11.5 Å². The number of rotatable bonds is 3. The minimum atomic E-state index is -5.06. The van der Waals surface area contributed by atoms with Crippen molar-refractivity contribution in [1.29, 1.82) is 0 Å². The molecule has 0 spiro atoms. The topological polar surface area (TPSA) is 55.1 Å². The number of fused-ring (bicyclic) bond motifs is 1. The molecule has 170 valence electrons. The van der Waals surface area contributed by atoms with Gasteiger partial charge in [0.05, 0.1) is 11.1 Å². The summed E-state index contributed by atoms with van der Waals surface area (Å²) in [7, 11) is 0. The number of nitrogens with one attached hydrogen (secondary N) is 1. The van der Waals surface area contributed by atoms with Crippen LogP contribution in [0.2, 0.25) is 5.02 Å². The molecular formula is C22H11ClF6N2O2. The average molecular weight is 485 g/mol. The first kappa shape index (κ1) is 22.7. The van der Waals surface area contributed by atoms with Crippen molar-refractivity contribution in [3.63, 3.8) is 0 Å². The van der Waals surface area contributed by atoms with Gasteiger partial charge in [0.1, 0.15) is 5.52 Å². The second-order valence-electron chi connectivity index (χ2n) is 6.96. The van der Waals surface area contributed by atoms with Crippen LogP contribution in [0.25, 0.3) is 22.6 Å².